The van der Waals surface area contributed by atoms with Crippen molar-refractivity contribution in [3.05, 3.63) is 33.9 Å². The minimum Gasteiger partial charge on any atom is -0.374 e. The van der Waals surface area contributed by atoms with E-state index in [0.717, 1.165) is 5.56 Å². The molecule has 18 heavy (non-hydrogen) atoms. The number of ether oxygens (including phenoxy) is 1. The number of nitro benzene ring substituents is 1. The Hall–Kier alpha value is -1.66. The number of hydrogen-bond acceptors (Lipinski definition) is 5. The minimum atomic E-state index is -0.468. The molecule has 0 aliphatic rings. The number of nitrogens with zero attached hydrogens (tertiary/aromatic N) is 1. The summed E-state index contributed by atoms with van der Waals surface area (Å²) in [7, 11) is 0. The second-order valence-electron chi connectivity index (χ2n) is 4.51. The van der Waals surface area contributed by atoms with Gasteiger partial charge in [0, 0.05) is 6.07 Å². The van der Waals surface area contributed by atoms with Gasteiger partial charge < -0.3 is 10.2 Å². The minimum absolute atomic E-state index is 0.0456. The van der Waals surface area contributed by atoms with E-state index in [9.17, 15) is 10.1 Å². The molecule has 0 spiro atoms. The Labute approximate surface area is 106 Å². The summed E-state index contributed by atoms with van der Waals surface area (Å²) in [5.41, 5.74) is 3.31. The SMILES string of the molecule is CC(C)C(C)OCc1ccc(NN)c([N+](=O)[O-])c1. The van der Waals surface area contributed by atoms with E-state index in [2.05, 4.69) is 19.3 Å². The monoisotopic (exact) mass is 253 g/mol. The number of nitrogens with two attached hydrogens (primary N) is 1. The lowest BCUT2D eigenvalue weighted by Gasteiger charge is -2.16. The summed E-state index contributed by atoms with van der Waals surface area (Å²) in [6.07, 6.45) is 0.108. The second kappa shape index (κ2) is 6.32. The van der Waals surface area contributed by atoms with E-state index in [0.29, 0.717) is 18.2 Å². The second-order valence-corrected chi connectivity index (χ2v) is 4.51. The number of nitrogen functional groups attached to an aromatic ring is 1. The average Bonchev–Trinajstić information content (AvgIpc) is 2.35. The van der Waals surface area contributed by atoms with Crippen molar-refractivity contribution in [2.45, 2.75) is 33.5 Å². The molecule has 0 saturated carbocycles. The maximum Gasteiger partial charge on any atom is 0.294 e. The normalized spacial score (nSPS) is 12.5. The van der Waals surface area contributed by atoms with Crippen LogP contribution in [0.1, 0.15) is 26.3 Å². The van der Waals surface area contributed by atoms with Crippen molar-refractivity contribution in [1.82, 2.24) is 0 Å². The molecule has 6 nitrogen and oxygen atoms in total. The summed E-state index contributed by atoms with van der Waals surface area (Å²) in [5, 5.41) is 10.8. The van der Waals surface area contributed by atoms with Gasteiger partial charge in [0.2, 0.25) is 0 Å². The van der Waals surface area contributed by atoms with Crippen LogP contribution in [0.2, 0.25) is 0 Å². The molecular formula is C12H19N3O3. The molecule has 0 aliphatic carbocycles. The highest BCUT2D eigenvalue weighted by molar-refractivity contribution is 5.61. The number of hydrazine groups is 1. The predicted octanol–water partition coefficient (Wildman–Crippen LogP) is 2.44. The molecule has 0 bridgehead atoms. The van der Waals surface area contributed by atoms with Gasteiger partial charge in [-0.15, -0.1) is 0 Å². The molecule has 0 fully saturated rings. The smallest absolute Gasteiger partial charge is 0.294 e. The van der Waals surface area contributed by atoms with Crippen LogP contribution >= 0.6 is 0 Å². The quantitative estimate of drug-likeness (QED) is 0.461. The molecular weight excluding hydrogens is 234 g/mol. The molecule has 0 aliphatic heterocycles. The highest BCUT2D eigenvalue weighted by atomic mass is 16.6. The van der Waals surface area contributed by atoms with E-state index in [-0.39, 0.29) is 11.8 Å². The first-order valence-corrected chi connectivity index (χ1v) is 5.81. The highest BCUT2D eigenvalue weighted by Gasteiger charge is 2.14. The first kappa shape index (κ1) is 14.4. The lowest BCUT2D eigenvalue weighted by atomic mass is 10.1. The van der Waals surface area contributed by atoms with Crippen LogP contribution in [-0.2, 0) is 11.3 Å². The van der Waals surface area contributed by atoms with Crippen molar-refractivity contribution in [3.63, 3.8) is 0 Å². The van der Waals surface area contributed by atoms with E-state index in [4.69, 9.17) is 10.6 Å². The maximum atomic E-state index is 10.8. The van der Waals surface area contributed by atoms with E-state index in [1.54, 1.807) is 12.1 Å². The number of rotatable bonds is 6. The van der Waals surface area contributed by atoms with Gasteiger partial charge in [-0.05, 0) is 24.5 Å². The van der Waals surface area contributed by atoms with Crippen LogP contribution in [0.5, 0.6) is 0 Å². The van der Waals surface area contributed by atoms with Crippen molar-refractivity contribution in [1.29, 1.82) is 0 Å². The lowest BCUT2D eigenvalue weighted by Crippen LogP contribution is -2.15. The van der Waals surface area contributed by atoms with Crippen LogP contribution in [0.15, 0.2) is 18.2 Å². The number of nitro groups is 1. The fourth-order valence-electron chi connectivity index (χ4n) is 1.36. The zero-order chi connectivity index (χ0) is 13.7. The molecule has 3 N–H and O–H groups in total. The Morgan fingerprint density at radius 2 is 2.11 bits per heavy atom. The molecule has 0 amide bonds. The van der Waals surface area contributed by atoms with Crippen molar-refractivity contribution >= 4 is 11.4 Å². The topological polar surface area (TPSA) is 90.4 Å². The first-order valence-electron chi connectivity index (χ1n) is 5.81. The third-order valence-electron chi connectivity index (χ3n) is 2.87. The van der Waals surface area contributed by atoms with E-state index >= 15 is 0 Å². The van der Waals surface area contributed by atoms with E-state index in [1.165, 1.54) is 6.07 Å². The summed E-state index contributed by atoms with van der Waals surface area (Å²) in [5.74, 6) is 5.62. The van der Waals surface area contributed by atoms with Crippen LogP contribution < -0.4 is 11.3 Å². The lowest BCUT2D eigenvalue weighted by molar-refractivity contribution is -0.384. The molecule has 0 heterocycles. The molecule has 6 heteroatoms. The van der Waals surface area contributed by atoms with E-state index in [1.807, 2.05) is 6.92 Å². The number of benzene rings is 1. The van der Waals surface area contributed by atoms with Crippen LogP contribution in [0.3, 0.4) is 0 Å². The van der Waals surface area contributed by atoms with Crippen LogP contribution in [0, 0.1) is 16.0 Å². The van der Waals surface area contributed by atoms with Gasteiger partial charge in [-0.1, -0.05) is 19.9 Å². The Morgan fingerprint density at radius 3 is 2.61 bits per heavy atom. The predicted molar refractivity (Wildman–Crippen MR) is 70.0 cm³/mol. The molecule has 1 unspecified atom stereocenters. The van der Waals surface area contributed by atoms with Crippen molar-refractivity contribution in [2.24, 2.45) is 11.8 Å². The first-order chi connectivity index (χ1) is 8.45. The summed E-state index contributed by atoms with van der Waals surface area (Å²) < 4.78 is 5.62. The fraction of sp³-hybridized carbons (Fsp3) is 0.500. The largest absolute Gasteiger partial charge is 0.374 e. The van der Waals surface area contributed by atoms with E-state index < -0.39 is 4.92 Å². The van der Waals surface area contributed by atoms with Gasteiger partial charge in [-0.3, -0.25) is 16.0 Å². The molecule has 0 saturated heterocycles. The molecule has 0 aromatic heterocycles. The van der Waals surface area contributed by atoms with Gasteiger partial charge in [0.25, 0.3) is 5.69 Å². The number of hydrogen-bond donors (Lipinski definition) is 2. The summed E-state index contributed by atoms with van der Waals surface area (Å²) in [6, 6.07) is 4.81. The van der Waals surface area contributed by atoms with Gasteiger partial charge >= 0.3 is 0 Å². The zero-order valence-electron chi connectivity index (χ0n) is 10.8. The van der Waals surface area contributed by atoms with Crippen LogP contribution in [-0.4, -0.2) is 11.0 Å². The Bertz CT molecular complexity index is 421. The van der Waals surface area contributed by atoms with Crippen molar-refractivity contribution in [3.8, 4) is 0 Å². The van der Waals surface area contributed by atoms with Crippen LogP contribution in [0.25, 0.3) is 0 Å². The summed E-state index contributed by atoms with van der Waals surface area (Å²) in [6.45, 7) is 6.46. The Balaban J connectivity index is 2.79. The highest BCUT2D eigenvalue weighted by Crippen LogP contribution is 2.25. The molecule has 1 rings (SSSR count). The van der Waals surface area contributed by atoms with Crippen molar-refractivity contribution < 1.29 is 9.66 Å². The summed E-state index contributed by atoms with van der Waals surface area (Å²) in [4.78, 5) is 10.4. The molecule has 0 radical (unpaired) electrons. The van der Waals surface area contributed by atoms with Gasteiger partial charge in [0.15, 0.2) is 0 Å². The third kappa shape index (κ3) is 3.68. The van der Waals surface area contributed by atoms with Gasteiger partial charge in [0.05, 0.1) is 17.6 Å². The number of nitrogens with one attached hydrogen (secondary N) is 1. The molecule has 100 valence electrons. The Kier molecular flexibility index (Phi) is 5.06. The standard InChI is InChI=1S/C12H19N3O3/c1-8(2)9(3)18-7-10-4-5-11(14-13)12(6-10)15(16)17/h4-6,8-9,14H,7,13H2,1-3H3. The van der Waals surface area contributed by atoms with Crippen molar-refractivity contribution in [2.75, 3.05) is 5.43 Å². The third-order valence-corrected chi connectivity index (χ3v) is 2.87. The van der Waals surface area contributed by atoms with Gasteiger partial charge in [-0.2, -0.15) is 0 Å². The molecule has 1 aromatic carbocycles. The zero-order valence-corrected chi connectivity index (χ0v) is 10.8. The number of anilines is 1. The molecule has 1 atom stereocenters. The Morgan fingerprint density at radius 1 is 1.44 bits per heavy atom. The fourth-order valence-corrected chi connectivity index (χ4v) is 1.36. The van der Waals surface area contributed by atoms with Gasteiger partial charge in [-0.25, -0.2) is 0 Å². The maximum absolute atomic E-state index is 10.8. The molecule has 1 aromatic rings. The van der Waals surface area contributed by atoms with Gasteiger partial charge in [0.1, 0.15) is 5.69 Å². The summed E-state index contributed by atoms with van der Waals surface area (Å²) >= 11 is 0. The average molecular weight is 253 g/mol. The van der Waals surface area contributed by atoms with Crippen LogP contribution in [0.4, 0.5) is 11.4 Å².